The average Bonchev–Trinajstić information content (AvgIpc) is 2.63. The summed E-state index contributed by atoms with van der Waals surface area (Å²) in [4.78, 5) is 24.6. The summed E-state index contributed by atoms with van der Waals surface area (Å²) >= 11 is 0. The Morgan fingerprint density at radius 3 is 2.75 bits per heavy atom. The van der Waals surface area contributed by atoms with Gasteiger partial charge in [-0.3, -0.25) is 9.59 Å². The van der Waals surface area contributed by atoms with Gasteiger partial charge in [0.2, 0.25) is 0 Å². The maximum Gasteiger partial charge on any atom is 0.257 e. The van der Waals surface area contributed by atoms with Crippen LogP contribution in [0.2, 0.25) is 0 Å². The lowest BCUT2D eigenvalue weighted by atomic mass is 10.1. The number of hydrogen-bond acceptors (Lipinski definition) is 3. The maximum absolute atomic E-state index is 12.4. The van der Waals surface area contributed by atoms with Crippen molar-refractivity contribution < 1.29 is 9.53 Å². The largest absolute Gasteiger partial charge is 0.496 e. The molecule has 20 heavy (non-hydrogen) atoms. The molecule has 0 aliphatic carbocycles. The Kier molecular flexibility index (Phi) is 4.47. The predicted molar refractivity (Wildman–Crippen MR) is 77.4 cm³/mol. The monoisotopic (exact) mass is 278 g/mol. The molecule has 0 aromatic carbocycles. The second kappa shape index (κ2) is 6.11. The van der Waals surface area contributed by atoms with Crippen LogP contribution in [0.4, 0.5) is 0 Å². The number of rotatable bonds is 3. The summed E-state index contributed by atoms with van der Waals surface area (Å²) in [6.45, 7) is 4.51. The van der Waals surface area contributed by atoms with Crippen molar-refractivity contribution in [1.82, 2.24) is 9.88 Å². The number of amides is 1. The zero-order valence-electron chi connectivity index (χ0n) is 12.4. The van der Waals surface area contributed by atoms with Crippen LogP contribution in [0.3, 0.4) is 0 Å². The molecule has 0 bridgehead atoms. The molecule has 0 spiro atoms. The molecule has 2 rings (SSSR count). The quantitative estimate of drug-likeness (QED) is 0.916. The third-order valence-corrected chi connectivity index (χ3v) is 3.54. The van der Waals surface area contributed by atoms with E-state index in [1.807, 2.05) is 13.8 Å². The van der Waals surface area contributed by atoms with Gasteiger partial charge in [0, 0.05) is 24.3 Å². The Morgan fingerprint density at radius 2 is 2.10 bits per heavy atom. The molecule has 1 N–H and O–H groups in total. The molecule has 0 radical (unpaired) electrons. The van der Waals surface area contributed by atoms with Crippen LogP contribution in [0, 0.1) is 0 Å². The number of aromatic nitrogens is 1. The molecular formula is C15H22N2O3. The summed E-state index contributed by atoms with van der Waals surface area (Å²) < 4.78 is 6.99. The summed E-state index contributed by atoms with van der Waals surface area (Å²) in [7, 11) is 1.49. The highest BCUT2D eigenvalue weighted by Crippen LogP contribution is 2.24. The van der Waals surface area contributed by atoms with Gasteiger partial charge < -0.3 is 14.6 Å². The van der Waals surface area contributed by atoms with E-state index in [0.717, 1.165) is 31.4 Å². The Balaban J connectivity index is 2.58. The zero-order chi connectivity index (χ0) is 14.7. The van der Waals surface area contributed by atoms with Crippen molar-refractivity contribution in [2.24, 2.45) is 0 Å². The summed E-state index contributed by atoms with van der Waals surface area (Å²) in [6.07, 6.45) is 3.79. The number of carbonyl (C=O) groups is 1. The topological polar surface area (TPSA) is 60.3 Å². The maximum atomic E-state index is 12.4. The first-order valence-electron chi connectivity index (χ1n) is 7.16. The average molecular weight is 278 g/mol. The molecule has 0 saturated heterocycles. The molecule has 1 aliphatic heterocycles. The fourth-order valence-corrected chi connectivity index (χ4v) is 2.65. The molecule has 0 fully saturated rings. The third kappa shape index (κ3) is 2.86. The normalized spacial score (nSPS) is 14.6. The minimum absolute atomic E-state index is 0.0468. The van der Waals surface area contributed by atoms with Gasteiger partial charge >= 0.3 is 0 Å². The van der Waals surface area contributed by atoms with Crippen LogP contribution in [0.15, 0.2) is 10.9 Å². The summed E-state index contributed by atoms with van der Waals surface area (Å²) in [5.41, 5.74) is 1.24. The second-order valence-electron chi connectivity index (χ2n) is 5.46. The van der Waals surface area contributed by atoms with E-state index in [4.69, 9.17) is 4.74 Å². The number of pyridine rings is 1. The predicted octanol–water partition coefficient (Wildman–Crippen LogP) is 1.72. The van der Waals surface area contributed by atoms with Crippen molar-refractivity contribution in [2.45, 2.75) is 52.1 Å². The zero-order valence-corrected chi connectivity index (χ0v) is 12.4. The molecule has 1 amide bonds. The van der Waals surface area contributed by atoms with Crippen LogP contribution >= 0.6 is 0 Å². The van der Waals surface area contributed by atoms with Gasteiger partial charge in [0.25, 0.3) is 11.5 Å². The smallest absolute Gasteiger partial charge is 0.257 e. The SMILES string of the molecule is COc1cc(=O)n2c(c1C(=O)NC(C)C)CCCCC2. The van der Waals surface area contributed by atoms with Gasteiger partial charge in [-0.1, -0.05) is 6.42 Å². The van der Waals surface area contributed by atoms with Crippen LogP contribution in [0.1, 0.15) is 49.2 Å². The molecule has 5 heteroatoms. The van der Waals surface area contributed by atoms with Crippen molar-refractivity contribution in [2.75, 3.05) is 7.11 Å². The van der Waals surface area contributed by atoms with Crippen molar-refractivity contribution >= 4 is 5.91 Å². The number of nitrogens with one attached hydrogen (secondary N) is 1. The number of nitrogens with zero attached hydrogens (tertiary/aromatic N) is 1. The van der Waals surface area contributed by atoms with Gasteiger partial charge in [0.05, 0.1) is 7.11 Å². The number of hydrogen-bond donors (Lipinski definition) is 1. The molecule has 1 aromatic heterocycles. The van der Waals surface area contributed by atoms with E-state index < -0.39 is 0 Å². The lowest BCUT2D eigenvalue weighted by molar-refractivity contribution is 0.0938. The van der Waals surface area contributed by atoms with E-state index in [-0.39, 0.29) is 17.5 Å². The number of fused-ring (bicyclic) bond motifs is 1. The highest BCUT2D eigenvalue weighted by molar-refractivity contribution is 5.98. The van der Waals surface area contributed by atoms with E-state index in [1.165, 1.54) is 13.2 Å². The molecule has 0 saturated carbocycles. The highest BCUT2D eigenvalue weighted by atomic mass is 16.5. The Labute approximate surface area is 118 Å². The molecular weight excluding hydrogens is 256 g/mol. The lowest BCUT2D eigenvalue weighted by Gasteiger charge is -2.18. The number of carbonyl (C=O) groups excluding carboxylic acids is 1. The van der Waals surface area contributed by atoms with Crippen molar-refractivity contribution in [3.8, 4) is 5.75 Å². The fourth-order valence-electron chi connectivity index (χ4n) is 2.65. The van der Waals surface area contributed by atoms with E-state index in [0.29, 0.717) is 17.9 Å². The molecule has 5 nitrogen and oxygen atoms in total. The highest BCUT2D eigenvalue weighted by Gasteiger charge is 2.23. The molecule has 1 aliphatic rings. The molecule has 0 atom stereocenters. The van der Waals surface area contributed by atoms with Crippen molar-refractivity contribution in [3.05, 3.63) is 27.7 Å². The molecule has 0 unspecified atom stereocenters. The third-order valence-electron chi connectivity index (χ3n) is 3.54. The Morgan fingerprint density at radius 1 is 1.35 bits per heavy atom. The van der Waals surface area contributed by atoms with E-state index in [9.17, 15) is 9.59 Å². The van der Waals surface area contributed by atoms with Crippen molar-refractivity contribution in [3.63, 3.8) is 0 Å². The number of methoxy groups -OCH3 is 1. The van der Waals surface area contributed by atoms with E-state index in [2.05, 4.69) is 5.32 Å². The van der Waals surface area contributed by atoms with Crippen molar-refractivity contribution in [1.29, 1.82) is 0 Å². The van der Waals surface area contributed by atoms with Gasteiger partial charge in [0.1, 0.15) is 11.3 Å². The van der Waals surface area contributed by atoms with Crippen LogP contribution in [-0.4, -0.2) is 23.6 Å². The van der Waals surface area contributed by atoms with Gasteiger partial charge in [-0.05, 0) is 33.1 Å². The van der Waals surface area contributed by atoms with E-state index >= 15 is 0 Å². The first-order valence-corrected chi connectivity index (χ1v) is 7.16. The van der Waals surface area contributed by atoms with Crippen LogP contribution in [0.25, 0.3) is 0 Å². The lowest BCUT2D eigenvalue weighted by Crippen LogP contribution is -2.34. The Hall–Kier alpha value is -1.78. The van der Waals surface area contributed by atoms with Gasteiger partial charge in [-0.15, -0.1) is 0 Å². The molecule has 1 aromatic rings. The van der Waals surface area contributed by atoms with E-state index in [1.54, 1.807) is 4.57 Å². The summed E-state index contributed by atoms with van der Waals surface area (Å²) in [5, 5.41) is 2.89. The Bertz CT molecular complexity index is 561. The van der Waals surface area contributed by atoms with Gasteiger partial charge in [-0.25, -0.2) is 0 Å². The fraction of sp³-hybridized carbons (Fsp3) is 0.600. The van der Waals surface area contributed by atoms with Crippen LogP contribution < -0.4 is 15.6 Å². The van der Waals surface area contributed by atoms with Crippen LogP contribution in [0.5, 0.6) is 5.75 Å². The minimum Gasteiger partial charge on any atom is -0.496 e. The minimum atomic E-state index is -0.164. The summed E-state index contributed by atoms with van der Waals surface area (Å²) in [5.74, 6) is 0.212. The number of ether oxygens (including phenoxy) is 1. The van der Waals surface area contributed by atoms with Gasteiger partial charge in [-0.2, -0.15) is 0 Å². The first kappa shape index (κ1) is 14.6. The standard InChI is InChI=1S/C15H22N2O3/c1-10(2)16-15(19)14-11-7-5-4-6-8-17(11)13(18)9-12(14)20-3/h9-10H,4-8H2,1-3H3,(H,16,19). The van der Waals surface area contributed by atoms with Crippen LogP contribution in [-0.2, 0) is 13.0 Å². The van der Waals surface area contributed by atoms with Gasteiger partial charge in [0.15, 0.2) is 0 Å². The second-order valence-corrected chi connectivity index (χ2v) is 5.46. The summed E-state index contributed by atoms with van der Waals surface area (Å²) in [6, 6.07) is 1.47. The molecule has 2 heterocycles. The molecule has 110 valence electrons. The first-order chi connectivity index (χ1) is 9.54.